The Bertz CT molecular complexity index is 1240. The van der Waals surface area contributed by atoms with Gasteiger partial charge in [0.1, 0.15) is 0 Å². The van der Waals surface area contributed by atoms with Crippen LogP contribution in [0, 0.1) is 11.3 Å². The predicted molar refractivity (Wildman–Crippen MR) is 131 cm³/mol. The van der Waals surface area contributed by atoms with Gasteiger partial charge in [0.25, 0.3) is 5.91 Å². The number of alkyl halides is 3. The van der Waals surface area contributed by atoms with Gasteiger partial charge in [0, 0.05) is 29.2 Å². The number of amides is 1. The third kappa shape index (κ3) is 6.98. The van der Waals surface area contributed by atoms with E-state index in [2.05, 4.69) is 16.4 Å². The zero-order chi connectivity index (χ0) is 26.5. The molecule has 2 aromatic carbocycles. The fraction of sp³-hybridized carbons (Fsp3) is 0.296. The fourth-order valence-corrected chi connectivity index (χ4v) is 3.82. The third-order valence-electron chi connectivity index (χ3n) is 5.75. The van der Waals surface area contributed by atoms with Gasteiger partial charge in [-0.15, -0.1) is 0 Å². The molecule has 0 unspecified atom stereocenters. The maximum Gasteiger partial charge on any atom is 0.417 e. The molecule has 0 saturated heterocycles. The van der Waals surface area contributed by atoms with Gasteiger partial charge in [-0.25, -0.2) is 4.98 Å². The standard InChI is InChI=1S/C27H25ClF3N3O2/c1-17(34-25(35)26(2,3)36-24-12-9-21(16-33-24)27(29,30)31)23(14-18-7-10-22(28)11-8-18)20-6-4-5-19(13-20)15-32/h4-13,16-17,23H,14H2,1-3H3,(H,34,35)/t17-,23+/m1/s1. The SMILES string of the molecule is C[C@@H](NC(=O)C(C)(C)Oc1ccc(C(F)(F)F)cn1)[C@H](Cc1ccc(Cl)cc1)c1cccc(C#N)c1. The molecule has 36 heavy (non-hydrogen) atoms. The molecule has 2 atom stereocenters. The van der Waals surface area contributed by atoms with Gasteiger partial charge in [0.15, 0.2) is 5.60 Å². The molecule has 0 radical (unpaired) electrons. The Balaban J connectivity index is 1.79. The summed E-state index contributed by atoms with van der Waals surface area (Å²) in [5.74, 6) is -0.757. The number of nitrogens with one attached hydrogen (secondary N) is 1. The monoisotopic (exact) mass is 515 g/mol. The van der Waals surface area contributed by atoms with Gasteiger partial charge < -0.3 is 10.1 Å². The number of aromatic nitrogens is 1. The number of hydrogen-bond acceptors (Lipinski definition) is 4. The normalized spacial score (nSPS) is 13.4. The number of halogens is 4. The van der Waals surface area contributed by atoms with Crippen molar-refractivity contribution in [3.05, 3.63) is 94.1 Å². The molecule has 1 N–H and O–H groups in total. The average Bonchev–Trinajstić information content (AvgIpc) is 2.83. The van der Waals surface area contributed by atoms with E-state index >= 15 is 0 Å². The summed E-state index contributed by atoms with van der Waals surface area (Å²) in [7, 11) is 0. The molecule has 0 spiro atoms. The number of ether oxygens (including phenoxy) is 1. The number of hydrogen-bond donors (Lipinski definition) is 1. The van der Waals surface area contributed by atoms with Crippen LogP contribution < -0.4 is 10.1 Å². The lowest BCUT2D eigenvalue weighted by Crippen LogP contribution is -2.51. The summed E-state index contributed by atoms with van der Waals surface area (Å²) in [5, 5.41) is 12.9. The summed E-state index contributed by atoms with van der Waals surface area (Å²) in [5.41, 5.74) is 0.0529. The highest BCUT2D eigenvalue weighted by Crippen LogP contribution is 2.30. The first-order valence-electron chi connectivity index (χ1n) is 11.2. The van der Waals surface area contributed by atoms with Crippen LogP contribution in [0.3, 0.4) is 0 Å². The molecule has 9 heteroatoms. The molecule has 188 valence electrons. The van der Waals surface area contributed by atoms with E-state index in [0.717, 1.165) is 23.3 Å². The Labute approximate surface area is 212 Å². The number of rotatable bonds is 8. The van der Waals surface area contributed by atoms with Gasteiger partial charge in [-0.2, -0.15) is 18.4 Å². The van der Waals surface area contributed by atoms with E-state index in [4.69, 9.17) is 16.3 Å². The topological polar surface area (TPSA) is 75.0 Å². The van der Waals surface area contributed by atoms with Crippen molar-refractivity contribution < 1.29 is 22.7 Å². The van der Waals surface area contributed by atoms with Crippen molar-refractivity contribution in [1.82, 2.24) is 10.3 Å². The fourth-order valence-electron chi connectivity index (χ4n) is 3.69. The Hall–Kier alpha value is -3.57. The van der Waals surface area contributed by atoms with Crippen LogP contribution in [-0.2, 0) is 17.4 Å². The minimum Gasteiger partial charge on any atom is -0.462 e. The molecule has 1 heterocycles. The zero-order valence-corrected chi connectivity index (χ0v) is 20.7. The van der Waals surface area contributed by atoms with Crippen molar-refractivity contribution in [3.63, 3.8) is 0 Å². The molecular formula is C27H25ClF3N3O2. The quantitative estimate of drug-likeness (QED) is 0.381. The Morgan fingerprint density at radius 3 is 2.42 bits per heavy atom. The first-order chi connectivity index (χ1) is 16.9. The van der Waals surface area contributed by atoms with Crippen LogP contribution in [0.15, 0.2) is 66.9 Å². The molecular weight excluding hydrogens is 491 g/mol. The number of carbonyl (C=O) groups is 1. The highest BCUT2D eigenvalue weighted by atomic mass is 35.5. The Morgan fingerprint density at radius 2 is 1.83 bits per heavy atom. The number of benzene rings is 2. The molecule has 3 aromatic rings. The molecule has 0 aliphatic rings. The molecule has 5 nitrogen and oxygen atoms in total. The van der Waals surface area contributed by atoms with Gasteiger partial charge in [-0.1, -0.05) is 35.9 Å². The smallest absolute Gasteiger partial charge is 0.417 e. The second kappa shape index (κ2) is 11.0. The van der Waals surface area contributed by atoms with Crippen LogP contribution in [0.5, 0.6) is 5.88 Å². The lowest BCUT2D eigenvalue weighted by atomic mass is 9.85. The van der Waals surface area contributed by atoms with Gasteiger partial charge in [0.05, 0.1) is 17.2 Å². The molecule has 0 fully saturated rings. The van der Waals surface area contributed by atoms with E-state index < -0.39 is 23.2 Å². The first-order valence-corrected chi connectivity index (χ1v) is 11.5. The number of carbonyl (C=O) groups excluding carboxylic acids is 1. The Morgan fingerprint density at radius 1 is 1.14 bits per heavy atom. The van der Waals surface area contributed by atoms with Crippen molar-refractivity contribution in [1.29, 1.82) is 5.26 Å². The minimum absolute atomic E-state index is 0.102. The second-order valence-electron chi connectivity index (χ2n) is 8.93. The van der Waals surface area contributed by atoms with Gasteiger partial charge >= 0.3 is 6.18 Å². The third-order valence-corrected chi connectivity index (χ3v) is 6.00. The van der Waals surface area contributed by atoms with Crippen LogP contribution in [0.1, 0.15) is 48.9 Å². The second-order valence-corrected chi connectivity index (χ2v) is 9.37. The Kier molecular flexibility index (Phi) is 8.26. The lowest BCUT2D eigenvalue weighted by molar-refractivity contribution is -0.138. The predicted octanol–water partition coefficient (Wildman–Crippen LogP) is 6.31. The number of pyridine rings is 1. The van der Waals surface area contributed by atoms with Crippen LogP contribution >= 0.6 is 11.6 Å². The first kappa shape index (κ1) is 27.0. The highest BCUT2D eigenvalue weighted by Gasteiger charge is 2.34. The molecule has 0 aliphatic carbocycles. The summed E-state index contributed by atoms with van der Waals surface area (Å²) >= 11 is 6.02. The van der Waals surface area contributed by atoms with Crippen LogP contribution in [0.25, 0.3) is 0 Å². The van der Waals surface area contributed by atoms with Crippen molar-refractivity contribution in [2.75, 3.05) is 0 Å². The molecule has 1 aromatic heterocycles. The van der Waals surface area contributed by atoms with Crippen molar-refractivity contribution in [2.24, 2.45) is 0 Å². The number of nitriles is 1. The highest BCUT2D eigenvalue weighted by molar-refractivity contribution is 6.30. The summed E-state index contributed by atoms with van der Waals surface area (Å²) in [4.78, 5) is 16.8. The van der Waals surface area contributed by atoms with Crippen molar-refractivity contribution in [3.8, 4) is 11.9 Å². The van der Waals surface area contributed by atoms with Gasteiger partial charge in [0.2, 0.25) is 5.88 Å². The largest absolute Gasteiger partial charge is 0.462 e. The molecule has 1 amide bonds. The van der Waals surface area contributed by atoms with Gasteiger partial charge in [-0.3, -0.25) is 4.79 Å². The summed E-state index contributed by atoms with van der Waals surface area (Å²) in [6.07, 6.45) is -3.29. The summed E-state index contributed by atoms with van der Waals surface area (Å²) < 4.78 is 44.0. The lowest BCUT2D eigenvalue weighted by Gasteiger charge is -2.30. The molecule has 0 bridgehead atoms. The maximum absolute atomic E-state index is 13.1. The molecule has 0 saturated carbocycles. The summed E-state index contributed by atoms with van der Waals surface area (Å²) in [6.45, 7) is 4.88. The van der Waals surface area contributed by atoms with E-state index in [9.17, 15) is 23.2 Å². The van der Waals surface area contributed by atoms with E-state index in [1.165, 1.54) is 13.8 Å². The van der Waals surface area contributed by atoms with Crippen molar-refractivity contribution in [2.45, 2.75) is 50.9 Å². The van der Waals surface area contributed by atoms with Crippen LogP contribution in [0.2, 0.25) is 5.02 Å². The van der Waals surface area contributed by atoms with E-state index in [-0.39, 0.29) is 17.8 Å². The zero-order valence-electron chi connectivity index (χ0n) is 19.9. The summed E-state index contributed by atoms with van der Waals surface area (Å²) in [6, 6.07) is 18.3. The maximum atomic E-state index is 13.1. The number of nitrogens with zero attached hydrogens (tertiary/aromatic N) is 2. The minimum atomic E-state index is -4.52. The van der Waals surface area contributed by atoms with Crippen LogP contribution in [0.4, 0.5) is 13.2 Å². The van der Waals surface area contributed by atoms with E-state index in [1.54, 1.807) is 30.3 Å². The van der Waals surface area contributed by atoms with E-state index in [1.807, 2.05) is 25.1 Å². The van der Waals surface area contributed by atoms with Crippen molar-refractivity contribution >= 4 is 17.5 Å². The van der Waals surface area contributed by atoms with E-state index in [0.29, 0.717) is 23.2 Å². The average molecular weight is 516 g/mol. The molecule has 3 rings (SSSR count). The van der Waals surface area contributed by atoms with Gasteiger partial charge in [-0.05, 0) is 68.7 Å². The molecule has 0 aliphatic heterocycles. The van der Waals surface area contributed by atoms with Crippen LogP contribution in [-0.4, -0.2) is 22.5 Å².